The predicted molar refractivity (Wildman–Crippen MR) is 27.2 cm³/mol. The van der Waals surface area contributed by atoms with Gasteiger partial charge in [-0.2, -0.15) is 0 Å². The van der Waals surface area contributed by atoms with Crippen LogP contribution in [0, 0.1) is 0 Å². The Hall–Kier alpha value is -0.370. The third kappa shape index (κ3) is 3.46. The van der Waals surface area contributed by atoms with E-state index < -0.39 is 7.04 Å². The van der Waals surface area contributed by atoms with E-state index in [2.05, 4.69) is 4.74 Å². The fraction of sp³-hybridized carbons (Fsp3) is 0.800. The predicted octanol–water partition coefficient (Wildman–Crippen LogP) is 0.612. The van der Waals surface area contributed by atoms with Crippen molar-refractivity contribution in [2.45, 2.75) is 13.3 Å². The third-order valence-electron chi connectivity index (χ3n) is 0.627. The molecule has 2 heteroatoms. The molecule has 7 heavy (non-hydrogen) atoms. The van der Waals surface area contributed by atoms with Crippen molar-refractivity contribution in [2.24, 2.45) is 0 Å². The van der Waals surface area contributed by atoms with Gasteiger partial charge < -0.3 is 4.74 Å². The highest BCUT2D eigenvalue weighted by atomic mass is 16.5. The average molecular weight is 105 g/mol. The Balaban J connectivity index is 3.46. The number of ether oxygens (including phenoxy) is 1. The molecule has 0 N–H and O–H groups in total. The topological polar surface area (TPSA) is 26.3 Å². The van der Waals surface area contributed by atoms with E-state index in [1.165, 1.54) is 0 Å². The molecule has 0 aliphatic carbocycles. The summed E-state index contributed by atoms with van der Waals surface area (Å²) in [4.78, 5) is 10.5. The number of carbonyl (C=O) groups excluding carboxylic acids is 1. The minimum atomic E-state index is -2.44. The van der Waals surface area contributed by atoms with E-state index in [1.54, 1.807) is 6.92 Å². The maximum Gasteiger partial charge on any atom is 0.158 e. The molecule has 0 rings (SSSR count). The molecule has 0 saturated heterocycles. The molecule has 0 saturated carbocycles. The van der Waals surface area contributed by atoms with Gasteiger partial charge >= 0.3 is 0 Å². The first kappa shape index (κ1) is 2.82. The molecule has 0 radical (unpaired) electrons. The zero-order chi connectivity index (χ0) is 8.20. The van der Waals surface area contributed by atoms with Crippen LogP contribution < -0.4 is 0 Å². The number of hydrogen-bond acceptors (Lipinski definition) is 2. The van der Waals surface area contributed by atoms with Gasteiger partial charge in [-0.3, -0.25) is 4.79 Å². The van der Waals surface area contributed by atoms with Crippen molar-refractivity contribution in [2.75, 3.05) is 13.6 Å². The maximum absolute atomic E-state index is 10.5. The monoisotopic (exact) mass is 105 g/mol. The molecule has 0 unspecified atom stereocenters. The molecular weight excluding hydrogens is 92.1 g/mol. The highest BCUT2D eigenvalue weighted by molar-refractivity contribution is 5.79. The number of hydrogen-bond donors (Lipinski definition) is 0. The quantitative estimate of drug-likeness (QED) is 0.525. The molecule has 0 bridgehead atoms. The van der Waals surface area contributed by atoms with E-state index in [9.17, 15) is 4.79 Å². The Kier molecular flexibility index (Phi) is 1.53. The van der Waals surface area contributed by atoms with Crippen LogP contribution in [0.15, 0.2) is 0 Å². The first-order chi connectivity index (χ1) is 4.45. The first-order valence-corrected chi connectivity index (χ1v) is 2.11. The molecule has 0 heterocycles. The summed E-state index contributed by atoms with van der Waals surface area (Å²) in [5.41, 5.74) is 0. The van der Waals surface area contributed by atoms with Gasteiger partial charge in [0.2, 0.25) is 0 Å². The van der Waals surface area contributed by atoms with Gasteiger partial charge in [0.05, 0.1) is 4.11 Å². The highest BCUT2D eigenvalue weighted by Crippen LogP contribution is 1.78. The summed E-state index contributed by atoms with van der Waals surface area (Å²) in [5, 5.41) is 0. The van der Waals surface area contributed by atoms with Crippen molar-refractivity contribution in [1.29, 1.82) is 0 Å². The number of methoxy groups -OCH3 is 1. The zero-order valence-corrected chi connectivity index (χ0v) is 4.23. The molecule has 42 valence electrons. The second-order valence-corrected chi connectivity index (χ2v) is 1.18. The highest BCUT2D eigenvalue weighted by Gasteiger charge is 1.91. The van der Waals surface area contributed by atoms with Crippen LogP contribution in [0.1, 0.15) is 17.5 Å². The lowest BCUT2D eigenvalue weighted by Crippen LogP contribution is -2.03. The van der Waals surface area contributed by atoms with Crippen LogP contribution >= 0.6 is 0 Å². The Morgan fingerprint density at radius 2 is 2.71 bits per heavy atom. The SMILES string of the molecule is [2H]C([2H])([2H])OCC(=O)CC. The molecule has 0 spiro atoms. The second kappa shape index (κ2) is 3.81. The standard InChI is InChI=1S/C5H10O2/c1-3-5(6)4-7-2/h3-4H2,1-2H3/i2D3. The molecule has 0 aromatic rings. The second-order valence-electron chi connectivity index (χ2n) is 1.18. The van der Waals surface area contributed by atoms with Crippen LogP contribution in [-0.4, -0.2) is 19.4 Å². The lowest BCUT2D eigenvalue weighted by atomic mass is 10.3. The van der Waals surface area contributed by atoms with Crippen LogP contribution in [0.2, 0.25) is 0 Å². The summed E-state index contributed by atoms with van der Waals surface area (Å²) in [6, 6.07) is 0. The van der Waals surface area contributed by atoms with Crippen molar-refractivity contribution < 1.29 is 13.6 Å². The maximum atomic E-state index is 10.5. The van der Waals surface area contributed by atoms with E-state index in [4.69, 9.17) is 4.11 Å². The number of ketones is 1. The molecule has 0 aromatic heterocycles. The third-order valence-corrected chi connectivity index (χ3v) is 0.627. The van der Waals surface area contributed by atoms with Crippen molar-refractivity contribution >= 4 is 5.78 Å². The normalized spacial score (nSPS) is 17.0. The van der Waals surface area contributed by atoms with E-state index in [1.807, 2.05) is 0 Å². The van der Waals surface area contributed by atoms with E-state index in [-0.39, 0.29) is 12.4 Å². The molecule has 0 aromatic carbocycles. The molecular formula is C5H10O2. The lowest BCUT2D eigenvalue weighted by molar-refractivity contribution is -0.122. The van der Waals surface area contributed by atoms with Gasteiger partial charge in [0.1, 0.15) is 6.61 Å². The molecule has 0 atom stereocenters. The largest absolute Gasteiger partial charge is 0.377 e. The van der Waals surface area contributed by atoms with Crippen molar-refractivity contribution in [3.63, 3.8) is 0 Å². The Morgan fingerprint density at radius 1 is 2.00 bits per heavy atom. The smallest absolute Gasteiger partial charge is 0.158 e. The van der Waals surface area contributed by atoms with E-state index >= 15 is 0 Å². The minimum absolute atomic E-state index is 0.198. The van der Waals surface area contributed by atoms with Gasteiger partial charge in [0.25, 0.3) is 0 Å². The summed E-state index contributed by atoms with van der Waals surface area (Å²) >= 11 is 0. The van der Waals surface area contributed by atoms with Gasteiger partial charge in [0, 0.05) is 13.5 Å². The zero-order valence-electron chi connectivity index (χ0n) is 7.23. The van der Waals surface area contributed by atoms with Crippen LogP contribution in [0.3, 0.4) is 0 Å². The van der Waals surface area contributed by atoms with Gasteiger partial charge in [-0.05, 0) is 0 Å². The summed E-state index contributed by atoms with van der Waals surface area (Å²) in [6.45, 7) is 1.35. The fourth-order valence-electron chi connectivity index (χ4n) is 0.183. The van der Waals surface area contributed by atoms with Crippen LogP contribution in [0.4, 0.5) is 0 Å². The number of carbonyl (C=O) groups is 1. The van der Waals surface area contributed by atoms with Crippen molar-refractivity contribution in [3.8, 4) is 0 Å². The molecule has 0 fully saturated rings. The molecule has 2 nitrogen and oxygen atoms in total. The van der Waals surface area contributed by atoms with Crippen LogP contribution in [0.5, 0.6) is 0 Å². The average Bonchev–Trinajstić information content (AvgIpc) is 1.81. The summed E-state index contributed by atoms with van der Waals surface area (Å²) in [5.74, 6) is -0.198. The lowest BCUT2D eigenvalue weighted by Gasteiger charge is -1.89. The van der Waals surface area contributed by atoms with Gasteiger partial charge in [-0.1, -0.05) is 6.92 Å². The molecule has 0 aliphatic heterocycles. The Labute approximate surface area is 47.7 Å². The minimum Gasteiger partial charge on any atom is -0.377 e. The van der Waals surface area contributed by atoms with Crippen LogP contribution in [0.25, 0.3) is 0 Å². The first-order valence-electron chi connectivity index (χ1n) is 3.61. The van der Waals surface area contributed by atoms with Gasteiger partial charge in [0.15, 0.2) is 5.78 Å². The van der Waals surface area contributed by atoms with Crippen LogP contribution in [-0.2, 0) is 9.53 Å². The van der Waals surface area contributed by atoms with E-state index in [0.717, 1.165) is 0 Å². The summed E-state index contributed by atoms with van der Waals surface area (Å²) < 4.78 is 23.9. The summed E-state index contributed by atoms with van der Waals surface area (Å²) in [6.07, 6.45) is 0.316. The van der Waals surface area contributed by atoms with Crippen molar-refractivity contribution in [1.82, 2.24) is 0 Å². The molecule has 0 aliphatic rings. The Bertz CT molecular complexity index is 119. The van der Waals surface area contributed by atoms with Gasteiger partial charge in [-0.15, -0.1) is 0 Å². The Morgan fingerprint density at radius 3 is 3.14 bits per heavy atom. The van der Waals surface area contributed by atoms with Crippen molar-refractivity contribution in [3.05, 3.63) is 0 Å². The number of rotatable bonds is 3. The number of Topliss-reactive ketones (excluding diaryl/α,β-unsaturated/α-hetero) is 1. The van der Waals surface area contributed by atoms with E-state index in [0.29, 0.717) is 6.42 Å². The fourth-order valence-corrected chi connectivity index (χ4v) is 0.183. The summed E-state index contributed by atoms with van der Waals surface area (Å²) in [7, 11) is -2.44. The molecule has 0 amide bonds. The van der Waals surface area contributed by atoms with Gasteiger partial charge in [-0.25, -0.2) is 0 Å².